The first-order valence-electron chi connectivity index (χ1n) is 6.35. The van der Waals surface area contributed by atoms with Crippen LogP contribution >= 0.6 is 0 Å². The molecule has 1 heterocycles. The molecule has 0 atom stereocenters. The van der Waals surface area contributed by atoms with Crippen molar-refractivity contribution in [3.05, 3.63) is 18.0 Å². The standard InChI is InChI=1S/C13H21N3O3/c1-4-6-16-8-10(14)7-11(16)13(18)15(5-2)9-12(17)19-3/h7-8H,4-6,9,14H2,1-3H3. The molecule has 0 aliphatic rings. The largest absolute Gasteiger partial charge is 0.468 e. The molecule has 0 aliphatic heterocycles. The van der Waals surface area contributed by atoms with Crippen molar-refractivity contribution in [1.29, 1.82) is 0 Å². The molecule has 1 rings (SSSR count). The van der Waals surface area contributed by atoms with Gasteiger partial charge in [0.05, 0.1) is 12.8 Å². The first-order chi connectivity index (χ1) is 9.03. The van der Waals surface area contributed by atoms with Gasteiger partial charge in [-0.3, -0.25) is 9.59 Å². The summed E-state index contributed by atoms with van der Waals surface area (Å²) >= 11 is 0. The van der Waals surface area contributed by atoms with E-state index in [2.05, 4.69) is 4.74 Å². The third-order valence-corrected chi connectivity index (χ3v) is 2.82. The van der Waals surface area contributed by atoms with Crippen LogP contribution in [0.4, 0.5) is 5.69 Å². The van der Waals surface area contributed by atoms with Crippen LogP contribution in [0, 0.1) is 0 Å². The van der Waals surface area contributed by atoms with Gasteiger partial charge in [0.1, 0.15) is 12.2 Å². The molecular weight excluding hydrogens is 246 g/mol. The van der Waals surface area contributed by atoms with Crippen LogP contribution < -0.4 is 5.73 Å². The van der Waals surface area contributed by atoms with Crippen LogP contribution in [0.1, 0.15) is 30.8 Å². The van der Waals surface area contributed by atoms with Gasteiger partial charge < -0.3 is 19.9 Å². The molecule has 1 amide bonds. The number of nitrogens with two attached hydrogens (primary N) is 1. The number of rotatable bonds is 6. The lowest BCUT2D eigenvalue weighted by Crippen LogP contribution is -2.37. The Bertz CT molecular complexity index is 454. The first-order valence-corrected chi connectivity index (χ1v) is 6.35. The summed E-state index contributed by atoms with van der Waals surface area (Å²) in [5.41, 5.74) is 6.79. The van der Waals surface area contributed by atoms with E-state index in [1.807, 2.05) is 18.4 Å². The highest BCUT2D eigenvalue weighted by molar-refractivity contribution is 5.95. The van der Waals surface area contributed by atoms with E-state index >= 15 is 0 Å². The minimum atomic E-state index is -0.434. The smallest absolute Gasteiger partial charge is 0.325 e. The van der Waals surface area contributed by atoms with Crippen LogP contribution in [-0.4, -0.2) is 41.5 Å². The van der Waals surface area contributed by atoms with Crippen molar-refractivity contribution in [3.8, 4) is 0 Å². The molecule has 0 fully saturated rings. The van der Waals surface area contributed by atoms with Gasteiger partial charge in [-0.25, -0.2) is 0 Å². The van der Waals surface area contributed by atoms with E-state index in [-0.39, 0.29) is 12.5 Å². The Balaban J connectivity index is 2.93. The number of ether oxygens (including phenoxy) is 1. The fourth-order valence-electron chi connectivity index (χ4n) is 1.85. The molecule has 0 saturated heterocycles. The molecule has 0 aromatic carbocycles. The van der Waals surface area contributed by atoms with Crippen molar-refractivity contribution in [2.24, 2.45) is 0 Å². The van der Waals surface area contributed by atoms with Crippen LogP contribution in [0.3, 0.4) is 0 Å². The van der Waals surface area contributed by atoms with Crippen molar-refractivity contribution in [2.45, 2.75) is 26.8 Å². The minimum Gasteiger partial charge on any atom is -0.468 e. The Morgan fingerprint density at radius 2 is 2.11 bits per heavy atom. The average molecular weight is 267 g/mol. The Kier molecular flexibility index (Phi) is 5.41. The lowest BCUT2D eigenvalue weighted by Gasteiger charge is -2.20. The molecule has 0 saturated carbocycles. The van der Waals surface area contributed by atoms with Crippen LogP contribution in [0.15, 0.2) is 12.3 Å². The average Bonchev–Trinajstić information content (AvgIpc) is 2.76. The van der Waals surface area contributed by atoms with Gasteiger partial charge in [-0.2, -0.15) is 0 Å². The fraction of sp³-hybridized carbons (Fsp3) is 0.538. The SMILES string of the molecule is CCCn1cc(N)cc1C(=O)N(CC)CC(=O)OC. The molecule has 6 nitrogen and oxygen atoms in total. The quantitative estimate of drug-likeness (QED) is 0.783. The number of esters is 1. The molecule has 0 unspecified atom stereocenters. The molecule has 1 aromatic rings. The minimum absolute atomic E-state index is 0.0525. The number of carbonyl (C=O) groups excluding carboxylic acids is 2. The molecule has 19 heavy (non-hydrogen) atoms. The molecule has 106 valence electrons. The topological polar surface area (TPSA) is 77.6 Å². The number of aromatic nitrogens is 1. The molecule has 0 radical (unpaired) electrons. The number of carbonyl (C=O) groups is 2. The summed E-state index contributed by atoms with van der Waals surface area (Å²) in [5, 5.41) is 0. The fourth-order valence-corrected chi connectivity index (χ4v) is 1.85. The second-order valence-corrected chi connectivity index (χ2v) is 4.25. The van der Waals surface area contributed by atoms with Crippen LogP contribution in [0.25, 0.3) is 0 Å². The van der Waals surface area contributed by atoms with E-state index < -0.39 is 5.97 Å². The van der Waals surface area contributed by atoms with E-state index in [4.69, 9.17) is 5.73 Å². The van der Waals surface area contributed by atoms with Gasteiger partial charge in [0.2, 0.25) is 0 Å². The van der Waals surface area contributed by atoms with Crippen molar-refractivity contribution in [2.75, 3.05) is 25.9 Å². The van der Waals surface area contributed by atoms with Gasteiger partial charge in [0, 0.05) is 19.3 Å². The van der Waals surface area contributed by atoms with Gasteiger partial charge in [-0.1, -0.05) is 6.92 Å². The van der Waals surface area contributed by atoms with Crippen LogP contribution in [0.5, 0.6) is 0 Å². The van der Waals surface area contributed by atoms with E-state index in [9.17, 15) is 9.59 Å². The number of anilines is 1. The van der Waals surface area contributed by atoms with Gasteiger partial charge >= 0.3 is 5.97 Å². The highest BCUT2D eigenvalue weighted by Crippen LogP contribution is 2.14. The zero-order chi connectivity index (χ0) is 14.4. The van der Waals surface area contributed by atoms with E-state index in [0.717, 1.165) is 6.42 Å². The van der Waals surface area contributed by atoms with Crippen molar-refractivity contribution < 1.29 is 14.3 Å². The summed E-state index contributed by atoms with van der Waals surface area (Å²) in [7, 11) is 1.30. The van der Waals surface area contributed by atoms with Crippen LogP contribution in [-0.2, 0) is 16.1 Å². The van der Waals surface area contributed by atoms with E-state index in [1.54, 1.807) is 12.3 Å². The maximum atomic E-state index is 12.4. The summed E-state index contributed by atoms with van der Waals surface area (Å²) in [4.78, 5) is 25.1. The number of likely N-dealkylation sites (N-methyl/N-ethyl adjacent to an activating group) is 1. The predicted molar refractivity (Wildman–Crippen MR) is 72.7 cm³/mol. The predicted octanol–water partition coefficient (Wildman–Crippen LogP) is 1.12. The molecule has 6 heteroatoms. The van der Waals surface area contributed by atoms with E-state index in [1.165, 1.54) is 12.0 Å². The number of amides is 1. The van der Waals surface area contributed by atoms with Gasteiger partial charge in [0.25, 0.3) is 5.91 Å². The molecule has 2 N–H and O–H groups in total. The Hall–Kier alpha value is -1.98. The zero-order valence-electron chi connectivity index (χ0n) is 11.7. The van der Waals surface area contributed by atoms with E-state index in [0.29, 0.717) is 24.5 Å². The summed E-state index contributed by atoms with van der Waals surface area (Å²) in [6.45, 7) is 4.94. The van der Waals surface area contributed by atoms with Crippen LogP contribution in [0.2, 0.25) is 0 Å². The molecular formula is C13H21N3O3. The summed E-state index contributed by atoms with van der Waals surface area (Å²) in [6, 6.07) is 1.64. The Morgan fingerprint density at radius 3 is 2.63 bits per heavy atom. The Labute approximate surface area is 113 Å². The van der Waals surface area contributed by atoms with Crippen molar-refractivity contribution in [3.63, 3.8) is 0 Å². The summed E-state index contributed by atoms with van der Waals surface area (Å²) in [6.07, 6.45) is 2.64. The molecule has 0 aliphatic carbocycles. The first kappa shape index (κ1) is 15.1. The lowest BCUT2D eigenvalue weighted by molar-refractivity contribution is -0.141. The summed E-state index contributed by atoms with van der Waals surface area (Å²) < 4.78 is 6.40. The second kappa shape index (κ2) is 6.82. The maximum Gasteiger partial charge on any atom is 0.325 e. The number of aryl methyl sites for hydroxylation is 1. The highest BCUT2D eigenvalue weighted by atomic mass is 16.5. The Morgan fingerprint density at radius 1 is 1.42 bits per heavy atom. The second-order valence-electron chi connectivity index (χ2n) is 4.25. The third kappa shape index (κ3) is 3.74. The van der Waals surface area contributed by atoms with Gasteiger partial charge in [0.15, 0.2) is 0 Å². The van der Waals surface area contributed by atoms with Gasteiger partial charge in [-0.15, -0.1) is 0 Å². The third-order valence-electron chi connectivity index (χ3n) is 2.82. The number of nitrogen functional groups attached to an aromatic ring is 1. The summed E-state index contributed by atoms with van der Waals surface area (Å²) in [5.74, 6) is -0.644. The van der Waals surface area contributed by atoms with Crippen molar-refractivity contribution in [1.82, 2.24) is 9.47 Å². The number of hydrogen-bond acceptors (Lipinski definition) is 4. The molecule has 1 aromatic heterocycles. The normalized spacial score (nSPS) is 10.3. The lowest BCUT2D eigenvalue weighted by atomic mass is 10.3. The number of nitrogens with zero attached hydrogens (tertiary/aromatic N) is 2. The van der Waals surface area contributed by atoms with Gasteiger partial charge in [-0.05, 0) is 19.4 Å². The monoisotopic (exact) mass is 267 g/mol. The molecule has 0 bridgehead atoms. The van der Waals surface area contributed by atoms with Crippen molar-refractivity contribution >= 4 is 17.6 Å². The molecule has 0 spiro atoms. The number of hydrogen-bond donors (Lipinski definition) is 1. The number of methoxy groups -OCH3 is 1. The zero-order valence-corrected chi connectivity index (χ0v) is 11.7. The highest BCUT2D eigenvalue weighted by Gasteiger charge is 2.21. The maximum absolute atomic E-state index is 12.4.